The van der Waals surface area contributed by atoms with E-state index < -0.39 is 0 Å². The Labute approximate surface area is 111 Å². The fourth-order valence-electron chi connectivity index (χ4n) is 1.50. The first-order valence-corrected chi connectivity index (χ1v) is 6.43. The molecule has 0 unspecified atom stereocenters. The van der Waals surface area contributed by atoms with Crippen LogP contribution < -0.4 is 5.69 Å². The molecule has 0 spiro atoms. The number of hydrogen-bond acceptors (Lipinski definition) is 4. The molecule has 7 heteroatoms. The molecule has 90 valence electrons. The average molecular weight is 289 g/mol. The second-order valence-electron chi connectivity index (χ2n) is 3.30. The van der Waals surface area contributed by atoms with E-state index in [0.717, 1.165) is 4.88 Å². The van der Waals surface area contributed by atoms with Gasteiger partial charge in [-0.05, 0) is 18.2 Å². The zero-order chi connectivity index (χ0) is 12.4. The molecule has 0 aliphatic heterocycles. The molecule has 0 saturated heterocycles. The quantitative estimate of drug-likeness (QED) is 0.852. The van der Waals surface area contributed by atoms with Crippen molar-refractivity contribution >= 4 is 35.2 Å². The molecule has 17 heavy (non-hydrogen) atoms. The second kappa shape index (κ2) is 5.14. The molecule has 0 saturated carbocycles. The van der Waals surface area contributed by atoms with Crippen molar-refractivity contribution in [1.29, 1.82) is 0 Å². The maximum atomic E-state index is 11.7. The summed E-state index contributed by atoms with van der Waals surface area (Å²) >= 11 is 12.2. The minimum absolute atomic E-state index is 0.114. The van der Waals surface area contributed by atoms with Crippen molar-refractivity contribution in [3.05, 3.63) is 37.7 Å². The Kier molecular flexibility index (Phi) is 3.78. The molecule has 0 aliphatic carbocycles. The van der Waals surface area contributed by atoms with Crippen LogP contribution in [-0.4, -0.2) is 21.3 Å². The Morgan fingerprint density at radius 3 is 2.88 bits per heavy atom. The molecule has 0 aliphatic rings. The monoisotopic (exact) mass is 288 g/mol. The standard InChI is InChI=1S/C10H9ClN2O2S2/c11-8-2-1-7(17-8)6-5-9(16)12-10(15)13(6)3-4-14/h1-2,5,14H,3-4H2,(H,12,15,16). The summed E-state index contributed by atoms with van der Waals surface area (Å²) in [5, 5.41) is 8.97. The summed E-state index contributed by atoms with van der Waals surface area (Å²) < 4.78 is 2.45. The molecule has 2 heterocycles. The number of thiophene rings is 1. The van der Waals surface area contributed by atoms with Crippen LogP contribution in [0.4, 0.5) is 0 Å². The maximum Gasteiger partial charge on any atom is 0.327 e. The topological polar surface area (TPSA) is 58.0 Å². The van der Waals surface area contributed by atoms with Crippen molar-refractivity contribution in [2.75, 3.05) is 6.61 Å². The number of H-pyrrole nitrogens is 1. The Hall–Kier alpha value is -0.950. The lowest BCUT2D eigenvalue weighted by molar-refractivity contribution is 0.274. The summed E-state index contributed by atoms with van der Waals surface area (Å²) in [6.07, 6.45) is 0. The molecule has 2 rings (SSSR count). The number of nitrogens with zero attached hydrogens (tertiary/aromatic N) is 1. The number of aromatic amines is 1. The van der Waals surface area contributed by atoms with Gasteiger partial charge in [-0.15, -0.1) is 11.3 Å². The molecule has 0 bridgehead atoms. The third-order valence-corrected chi connectivity index (χ3v) is 3.66. The van der Waals surface area contributed by atoms with Gasteiger partial charge >= 0.3 is 5.69 Å². The van der Waals surface area contributed by atoms with Crippen LogP contribution in [0.2, 0.25) is 4.34 Å². The van der Waals surface area contributed by atoms with Crippen LogP contribution in [0.25, 0.3) is 10.6 Å². The van der Waals surface area contributed by atoms with Crippen LogP contribution >= 0.6 is 35.2 Å². The van der Waals surface area contributed by atoms with E-state index >= 15 is 0 Å². The highest BCUT2D eigenvalue weighted by Crippen LogP contribution is 2.30. The van der Waals surface area contributed by atoms with Crippen molar-refractivity contribution < 1.29 is 5.11 Å². The normalized spacial score (nSPS) is 10.7. The van der Waals surface area contributed by atoms with E-state index in [1.54, 1.807) is 12.1 Å². The van der Waals surface area contributed by atoms with Gasteiger partial charge in [0, 0.05) is 0 Å². The zero-order valence-electron chi connectivity index (χ0n) is 8.64. The lowest BCUT2D eigenvalue weighted by Crippen LogP contribution is -2.25. The summed E-state index contributed by atoms with van der Waals surface area (Å²) in [4.78, 5) is 15.1. The number of nitrogens with one attached hydrogen (secondary N) is 1. The van der Waals surface area contributed by atoms with Crippen molar-refractivity contribution in [3.8, 4) is 10.6 Å². The molecule has 0 atom stereocenters. The average Bonchev–Trinajstić information content (AvgIpc) is 2.68. The van der Waals surface area contributed by atoms with E-state index in [2.05, 4.69) is 4.98 Å². The number of hydrogen-bond donors (Lipinski definition) is 2. The first-order chi connectivity index (χ1) is 8.11. The summed E-state index contributed by atoms with van der Waals surface area (Å²) in [5.41, 5.74) is 0.343. The van der Waals surface area contributed by atoms with Gasteiger partial charge in [0.2, 0.25) is 0 Å². The Balaban J connectivity index is 2.66. The molecule has 0 fully saturated rings. The summed E-state index contributed by atoms with van der Waals surface area (Å²) in [7, 11) is 0. The predicted octanol–water partition coefficient (Wildman–Crippen LogP) is 2.28. The highest BCUT2D eigenvalue weighted by molar-refractivity contribution is 7.71. The maximum absolute atomic E-state index is 11.7. The van der Waals surface area contributed by atoms with Gasteiger partial charge in [0.15, 0.2) is 0 Å². The lowest BCUT2D eigenvalue weighted by Gasteiger charge is -2.09. The second-order valence-corrected chi connectivity index (χ2v) is 5.46. The number of rotatable bonds is 3. The van der Waals surface area contributed by atoms with Crippen molar-refractivity contribution in [2.24, 2.45) is 0 Å². The number of aliphatic hydroxyl groups is 1. The van der Waals surface area contributed by atoms with E-state index in [4.69, 9.17) is 28.9 Å². The van der Waals surface area contributed by atoms with Gasteiger partial charge in [0.25, 0.3) is 0 Å². The molecular weight excluding hydrogens is 280 g/mol. The van der Waals surface area contributed by atoms with E-state index in [-0.39, 0.29) is 18.8 Å². The van der Waals surface area contributed by atoms with Gasteiger partial charge < -0.3 is 5.11 Å². The summed E-state index contributed by atoms with van der Waals surface area (Å²) in [6, 6.07) is 5.27. The van der Waals surface area contributed by atoms with Crippen LogP contribution in [-0.2, 0) is 6.54 Å². The van der Waals surface area contributed by atoms with Crippen LogP contribution in [0.5, 0.6) is 0 Å². The smallest absolute Gasteiger partial charge is 0.327 e. The third-order valence-electron chi connectivity index (χ3n) is 2.18. The fourth-order valence-corrected chi connectivity index (χ4v) is 2.77. The molecule has 2 aromatic heterocycles. The van der Waals surface area contributed by atoms with Crippen LogP contribution in [0.1, 0.15) is 0 Å². The highest BCUT2D eigenvalue weighted by atomic mass is 35.5. The van der Waals surface area contributed by atoms with Crippen molar-refractivity contribution in [3.63, 3.8) is 0 Å². The van der Waals surface area contributed by atoms with Crippen molar-refractivity contribution in [2.45, 2.75) is 6.54 Å². The Bertz CT molecular complexity index is 644. The summed E-state index contributed by atoms with van der Waals surface area (Å²) in [5.74, 6) is 0. The first kappa shape index (κ1) is 12.5. The molecule has 0 aromatic carbocycles. The third kappa shape index (κ3) is 2.66. The lowest BCUT2D eigenvalue weighted by atomic mass is 10.3. The summed E-state index contributed by atoms with van der Waals surface area (Å²) in [6.45, 7) is 0.104. The van der Waals surface area contributed by atoms with Gasteiger partial charge in [-0.3, -0.25) is 9.55 Å². The molecule has 2 aromatic rings. The molecule has 0 radical (unpaired) electrons. The van der Waals surface area contributed by atoms with Gasteiger partial charge in [-0.2, -0.15) is 0 Å². The van der Waals surface area contributed by atoms with Crippen LogP contribution in [0, 0.1) is 4.64 Å². The van der Waals surface area contributed by atoms with Gasteiger partial charge in [0.05, 0.1) is 28.1 Å². The Morgan fingerprint density at radius 1 is 1.53 bits per heavy atom. The van der Waals surface area contributed by atoms with Crippen molar-refractivity contribution in [1.82, 2.24) is 9.55 Å². The van der Waals surface area contributed by atoms with Crippen LogP contribution in [0.3, 0.4) is 0 Å². The SMILES string of the molecule is O=c1[nH]c(=S)cc(-c2ccc(Cl)s2)n1CCO. The largest absolute Gasteiger partial charge is 0.395 e. The van der Waals surface area contributed by atoms with E-state index in [0.29, 0.717) is 14.7 Å². The van der Waals surface area contributed by atoms with E-state index in [1.807, 2.05) is 6.07 Å². The van der Waals surface area contributed by atoms with Gasteiger partial charge in [-0.25, -0.2) is 4.79 Å². The number of aliphatic hydroxyl groups excluding tert-OH is 1. The van der Waals surface area contributed by atoms with Gasteiger partial charge in [-0.1, -0.05) is 23.8 Å². The minimum Gasteiger partial charge on any atom is -0.395 e. The first-order valence-electron chi connectivity index (χ1n) is 4.82. The molecule has 4 nitrogen and oxygen atoms in total. The van der Waals surface area contributed by atoms with Gasteiger partial charge in [0.1, 0.15) is 4.64 Å². The molecule has 2 N–H and O–H groups in total. The Morgan fingerprint density at radius 2 is 2.29 bits per heavy atom. The number of halogens is 1. The predicted molar refractivity (Wildman–Crippen MR) is 71.3 cm³/mol. The zero-order valence-corrected chi connectivity index (χ0v) is 11.0. The molecular formula is C10H9ClN2O2S2. The minimum atomic E-state index is -0.328. The number of aromatic nitrogens is 2. The van der Waals surface area contributed by atoms with E-state index in [9.17, 15) is 4.79 Å². The highest BCUT2D eigenvalue weighted by Gasteiger charge is 2.09. The fraction of sp³-hybridized carbons (Fsp3) is 0.200. The van der Waals surface area contributed by atoms with E-state index in [1.165, 1.54) is 15.9 Å². The van der Waals surface area contributed by atoms with Crippen LogP contribution in [0.15, 0.2) is 23.0 Å². The molecule has 0 amide bonds.